The number of aliphatic imine (C=N–C) groups is 1. The predicted octanol–water partition coefficient (Wildman–Crippen LogP) is 1.73. The van der Waals surface area contributed by atoms with E-state index >= 15 is 0 Å². The molecular formula is C24H28N6O2. The Balaban J connectivity index is 1.21. The van der Waals surface area contributed by atoms with E-state index in [2.05, 4.69) is 27.8 Å². The number of amides is 2. The molecule has 5 rings (SSSR count). The summed E-state index contributed by atoms with van der Waals surface area (Å²) in [5.41, 5.74) is 2.11. The Kier molecular flexibility index (Phi) is 5.51. The Bertz CT molecular complexity index is 1030. The molecule has 2 aliphatic carbocycles. The number of nitrogens with zero attached hydrogens (tertiary/aromatic N) is 4. The van der Waals surface area contributed by atoms with Gasteiger partial charge >= 0.3 is 0 Å². The average Bonchev–Trinajstić information content (AvgIpc) is 3.59. The van der Waals surface area contributed by atoms with Gasteiger partial charge in [0.1, 0.15) is 0 Å². The van der Waals surface area contributed by atoms with Gasteiger partial charge in [-0.05, 0) is 36.8 Å². The van der Waals surface area contributed by atoms with Gasteiger partial charge in [-0.2, -0.15) is 0 Å². The number of fused-ring (bicyclic) bond motifs is 5. The minimum absolute atomic E-state index is 0.00477. The molecular weight excluding hydrogens is 404 g/mol. The van der Waals surface area contributed by atoms with E-state index in [1.807, 2.05) is 42.0 Å². The van der Waals surface area contributed by atoms with E-state index < -0.39 is 0 Å². The first-order chi connectivity index (χ1) is 15.7. The van der Waals surface area contributed by atoms with Crippen molar-refractivity contribution in [3.63, 3.8) is 0 Å². The van der Waals surface area contributed by atoms with Gasteiger partial charge in [0.15, 0.2) is 5.96 Å². The molecule has 1 aromatic carbocycles. The van der Waals surface area contributed by atoms with Crippen molar-refractivity contribution in [2.45, 2.75) is 19.9 Å². The lowest BCUT2D eigenvalue weighted by Gasteiger charge is -2.18. The van der Waals surface area contributed by atoms with E-state index in [1.54, 1.807) is 12.5 Å². The highest BCUT2D eigenvalue weighted by Gasteiger charge is 2.58. The third-order valence-electron chi connectivity index (χ3n) is 6.72. The van der Waals surface area contributed by atoms with Crippen LogP contribution in [-0.4, -0.2) is 51.9 Å². The number of guanidine groups is 1. The van der Waals surface area contributed by atoms with Crippen LogP contribution in [0.3, 0.4) is 0 Å². The third kappa shape index (κ3) is 3.59. The standard InChI is InChI=1S/C24H28N6O2/c1-2-26-24(28-14-18-5-3-4-6-19(18)29-11-9-25-15-29)27-10-12-30-22(31)20-16-7-8-17(13-16)21(20)23(30)32/h3-9,11,15-17,20-21H,2,10,12-14H2,1H3,(H2,26,27,28). The third-order valence-corrected chi connectivity index (χ3v) is 6.72. The Morgan fingerprint density at radius 2 is 1.88 bits per heavy atom. The zero-order valence-corrected chi connectivity index (χ0v) is 18.1. The van der Waals surface area contributed by atoms with Gasteiger partial charge in [-0.1, -0.05) is 30.4 Å². The lowest BCUT2D eigenvalue weighted by molar-refractivity contribution is -0.140. The van der Waals surface area contributed by atoms with Crippen LogP contribution in [0.15, 0.2) is 60.1 Å². The number of benzene rings is 1. The molecule has 0 radical (unpaired) electrons. The molecule has 2 amide bonds. The molecule has 0 spiro atoms. The minimum Gasteiger partial charge on any atom is -0.357 e. The molecule has 166 valence electrons. The summed E-state index contributed by atoms with van der Waals surface area (Å²) < 4.78 is 1.97. The first kappa shape index (κ1) is 20.5. The molecule has 1 aliphatic heterocycles. The van der Waals surface area contributed by atoms with Crippen molar-refractivity contribution in [2.24, 2.45) is 28.7 Å². The van der Waals surface area contributed by atoms with Gasteiger partial charge in [0, 0.05) is 32.0 Å². The largest absolute Gasteiger partial charge is 0.357 e. The fourth-order valence-electron chi connectivity index (χ4n) is 5.27. The molecule has 4 unspecified atom stereocenters. The second kappa shape index (κ2) is 8.61. The predicted molar refractivity (Wildman–Crippen MR) is 121 cm³/mol. The Hall–Kier alpha value is -3.42. The maximum absolute atomic E-state index is 12.8. The monoisotopic (exact) mass is 432 g/mol. The van der Waals surface area contributed by atoms with Crippen LogP contribution >= 0.6 is 0 Å². The fraction of sp³-hybridized carbons (Fsp3) is 0.417. The van der Waals surface area contributed by atoms with Crippen LogP contribution in [0.5, 0.6) is 0 Å². The number of rotatable bonds is 7. The normalized spacial score (nSPS) is 26.2. The number of imide groups is 1. The molecule has 1 saturated heterocycles. The zero-order chi connectivity index (χ0) is 22.1. The second-order valence-electron chi connectivity index (χ2n) is 8.55. The highest BCUT2D eigenvalue weighted by molar-refractivity contribution is 6.06. The Morgan fingerprint density at radius 1 is 1.12 bits per heavy atom. The molecule has 1 saturated carbocycles. The van der Waals surface area contributed by atoms with E-state index in [0.29, 0.717) is 25.6 Å². The zero-order valence-electron chi connectivity index (χ0n) is 18.1. The molecule has 2 aromatic rings. The van der Waals surface area contributed by atoms with Crippen molar-refractivity contribution in [3.8, 4) is 5.69 Å². The number of likely N-dealkylation sites (tertiary alicyclic amines) is 1. The van der Waals surface area contributed by atoms with Gasteiger partial charge < -0.3 is 15.2 Å². The van der Waals surface area contributed by atoms with Crippen molar-refractivity contribution in [1.29, 1.82) is 0 Å². The Morgan fingerprint density at radius 3 is 2.56 bits per heavy atom. The molecule has 1 aromatic heterocycles. The van der Waals surface area contributed by atoms with Crippen LogP contribution in [-0.2, 0) is 16.1 Å². The number of nitrogens with one attached hydrogen (secondary N) is 2. The van der Waals surface area contributed by atoms with Gasteiger partial charge in [-0.15, -0.1) is 0 Å². The molecule has 8 heteroatoms. The first-order valence-electron chi connectivity index (χ1n) is 11.3. The smallest absolute Gasteiger partial charge is 0.233 e. The van der Waals surface area contributed by atoms with E-state index in [0.717, 1.165) is 24.2 Å². The minimum atomic E-state index is -0.140. The number of imidazole rings is 1. The van der Waals surface area contributed by atoms with E-state index in [1.165, 1.54) is 4.90 Å². The summed E-state index contributed by atoms with van der Waals surface area (Å²) in [5, 5.41) is 6.52. The van der Waals surface area contributed by atoms with Crippen molar-refractivity contribution in [3.05, 3.63) is 60.7 Å². The van der Waals surface area contributed by atoms with Crippen molar-refractivity contribution in [1.82, 2.24) is 25.1 Å². The summed E-state index contributed by atoms with van der Waals surface area (Å²) in [6, 6.07) is 8.07. The summed E-state index contributed by atoms with van der Waals surface area (Å²) in [6.45, 7) is 4.04. The Labute approximate surface area is 187 Å². The number of hydrogen-bond acceptors (Lipinski definition) is 4. The summed E-state index contributed by atoms with van der Waals surface area (Å²) in [4.78, 5) is 36.0. The topological polar surface area (TPSA) is 91.6 Å². The fourth-order valence-corrected chi connectivity index (χ4v) is 5.27. The van der Waals surface area contributed by atoms with Gasteiger partial charge in [-0.3, -0.25) is 14.5 Å². The van der Waals surface area contributed by atoms with Crippen LogP contribution < -0.4 is 10.6 Å². The van der Waals surface area contributed by atoms with Crippen LogP contribution in [0.1, 0.15) is 18.9 Å². The molecule has 2 fully saturated rings. The number of para-hydroxylation sites is 1. The molecule has 2 bridgehead atoms. The molecule has 8 nitrogen and oxygen atoms in total. The van der Waals surface area contributed by atoms with Crippen LogP contribution in [0.4, 0.5) is 0 Å². The van der Waals surface area contributed by atoms with E-state index in [-0.39, 0.29) is 35.5 Å². The lowest BCUT2D eigenvalue weighted by atomic mass is 9.85. The summed E-state index contributed by atoms with van der Waals surface area (Å²) in [6.07, 6.45) is 10.6. The second-order valence-corrected chi connectivity index (χ2v) is 8.55. The van der Waals surface area contributed by atoms with E-state index in [9.17, 15) is 9.59 Å². The maximum Gasteiger partial charge on any atom is 0.233 e. The number of allylic oxidation sites excluding steroid dienone is 2. The quantitative estimate of drug-likeness (QED) is 0.301. The maximum atomic E-state index is 12.8. The SMILES string of the molecule is CCNC(=NCc1ccccc1-n1ccnc1)NCCN1C(=O)C2C3C=CC(C3)C2C1=O. The van der Waals surface area contributed by atoms with Crippen molar-refractivity contribution in [2.75, 3.05) is 19.6 Å². The first-order valence-corrected chi connectivity index (χ1v) is 11.3. The number of carbonyl (C=O) groups is 2. The summed E-state index contributed by atoms with van der Waals surface area (Å²) in [7, 11) is 0. The van der Waals surface area contributed by atoms with Gasteiger partial charge in [0.25, 0.3) is 0 Å². The highest BCUT2D eigenvalue weighted by Crippen LogP contribution is 2.52. The van der Waals surface area contributed by atoms with Gasteiger partial charge in [0.05, 0.1) is 30.4 Å². The van der Waals surface area contributed by atoms with Crippen LogP contribution in [0.2, 0.25) is 0 Å². The summed E-state index contributed by atoms with van der Waals surface area (Å²) in [5.74, 6) is 0.861. The molecule has 2 N–H and O–H groups in total. The number of hydrogen-bond donors (Lipinski definition) is 2. The van der Waals surface area contributed by atoms with E-state index in [4.69, 9.17) is 4.99 Å². The molecule has 32 heavy (non-hydrogen) atoms. The van der Waals surface area contributed by atoms with Crippen molar-refractivity contribution < 1.29 is 9.59 Å². The van der Waals surface area contributed by atoms with Crippen molar-refractivity contribution >= 4 is 17.8 Å². The number of carbonyl (C=O) groups excluding carboxylic acids is 2. The lowest BCUT2D eigenvalue weighted by Crippen LogP contribution is -2.43. The number of aromatic nitrogens is 2. The molecule has 3 aliphatic rings. The average molecular weight is 433 g/mol. The summed E-state index contributed by atoms with van der Waals surface area (Å²) >= 11 is 0. The molecule has 4 atom stereocenters. The van der Waals surface area contributed by atoms with Crippen LogP contribution in [0, 0.1) is 23.7 Å². The van der Waals surface area contributed by atoms with Crippen LogP contribution in [0.25, 0.3) is 5.69 Å². The highest BCUT2D eigenvalue weighted by atomic mass is 16.2. The van der Waals surface area contributed by atoms with Gasteiger partial charge in [-0.25, -0.2) is 9.98 Å². The van der Waals surface area contributed by atoms with Gasteiger partial charge in [0.2, 0.25) is 11.8 Å². The molecule has 2 heterocycles.